The van der Waals surface area contributed by atoms with Gasteiger partial charge in [-0.15, -0.1) is 0 Å². The predicted molar refractivity (Wildman–Crippen MR) is 76.3 cm³/mol. The molecule has 142 valence electrons. The summed E-state index contributed by atoms with van der Waals surface area (Å²) in [4.78, 5) is 26.7. The normalized spacial score (nSPS) is 24.2. The average Bonchev–Trinajstić information content (AvgIpc) is 2.96. The van der Waals surface area contributed by atoms with Gasteiger partial charge in [0, 0.05) is 24.5 Å². The fourth-order valence-electron chi connectivity index (χ4n) is 2.72. The Hall–Kier alpha value is -1.99. The van der Waals surface area contributed by atoms with Gasteiger partial charge < -0.3 is 20.1 Å². The van der Waals surface area contributed by atoms with E-state index in [0.717, 1.165) is 0 Å². The molecule has 2 N–H and O–H groups in total. The van der Waals surface area contributed by atoms with E-state index < -0.39 is 28.5 Å². The van der Waals surface area contributed by atoms with E-state index in [2.05, 4.69) is 4.29 Å². The van der Waals surface area contributed by atoms with Crippen molar-refractivity contribution in [3.8, 4) is 0 Å². The van der Waals surface area contributed by atoms with Crippen molar-refractivity contribution in [2.75, 3.05) is 36.1 Å². The second-order valence-electron chi connectivity index (χ2n) is 5.51. The van der Waals surface area contributed by atoms with Gasteiger partial charge in [0.1, 0.15) is 10.9 Å². The lowest BCUT2D eigenvalue weighted by molar-refractivity contribution is -1.92. The number of halogens is 1. The van der Waals surface area contributed by atoms with Crippen molar-refractivity contribution in [2.45, 2.75) is 12.3 Å². The minimum atomic E-state index is -4.80. The SMILES string of the molecule is NC[C@H]1COC(=O)N1c1ccc(N2CCOC(O[Cl+3]([O-])([O-])[O-])C2=O)cc1. The molecule has 0 aromatic heterocycles. The van der Waals surface area contributed by atoms with E-state index in [4.69, 9.17) is 15.2 Å². The molecule has 1 unspecified atom stereocenters. The van der Waals surface area contributed by atoms with Crippen LogP contribution in [0.2, 0.25) is 0 Å². The number of ether oxygens (including phenoxy) is 2. The number of nitrogens with zero attached hydrogens (tertiary/aromatic N) is 2. The molecular formula is C14H16ClN3O8. The Morgan fingerprint density at radius 2 is 1.85 bits per heavy atom. The van der Waals surface area contributed by atoms with Gasteiger partial charge in [-0.3, -0.25) is 9.69 Å². The Morgan fingerprint density at radius 1 is 1.19 bits per heavy atom. The Labute approximate surface area is 150 Å². The molecule has 1 aromatic carbocycles. The Morgan fingerprint density at radius 3 is 2.46 bits per heavy atom. The first-order chi connectivity index (χ1) is 12.3. The Bertz CT molecular complexity index is 680. The number of hydrogen-bond donors (Lipinski definition) is 1. The number of nitrogens with two attached hydrogens (primary N) is 1. The van der Waals surface area contributed by atoms with E-state index in [1.165, 1.54) is 9.80 Å². The molecule has 1 aromatic rings. The van der Waals surface area contributed by atoms with Crippen LogP contribution in [-0.4, -0.2) is 50.6 Å². The first-order valence-electron chi connectivity index (χ1n) is 7.58. The van der Waals surface area contributed by atoms with E-state index >= 15 is 0 Å². The predicted octanol–water partition coefficient (Wildman–Crippen LogP) is -3.43. The molecule has 0 radical (unpaired) electrons. The molecule has 2 aliphatic rings. The summed E-state index contributed by atoms with van der Waals surface area (Å²) in [6, 6.07) is 6.06. The molecule has 2 saturated heterocycles. The molecule has 26 heavy (non-hydrogen) atoms. The zero-order valence-electron chi connectivity index (χ0n) is 13.4. The third-order valence-electron chi connectivity index (χ3n) is 3.91. The number of cyclic esters (lactones) is 1. The number of anilines is 2. The monoisotopic (exact) mass is 389 g/mol. The Kier molecular flexibility index (Phi) is 5.29. The summed E-state index contributed by atoms with van der Waals surface area (Å²) in [7, 11) is -4.80. The van der Waals surface area contributed by atoms with E-state index in [-0.39, 0.29) is 32.3 Å². The fourth-order valence-corrected chi connectivity index (χ4v) is 3.05. The molecule has 2 atom stereocenters. The van der Waals surface area contributed by atoms with Crippen LogP contribution in [-0.2, 0) is 18.6 Å². The highest BCUT2D eigenvalue weighted by atomic mass is 35.7. The van der Waals surface area contributed by atoms with Gasteiger partial charge in [-0.05, 0) is 24.3 Å². The van der Waals surface area contributed by atoms with E-state index in [0.29, 0.717) is 11.4 Å². The standard InChI is InChI=1S/C14H16ClN3O8/c16-7-11-8-25-14(20)18(11)10-3-1-9(2-4-10)17-5-6-24-13(12(17)19)26-15(21,22)23/h1-4,11,13H,5-8,16H2/t11-,13?/m0/s1. The zero-order chi connectivity index (χ0) is 18.9. The maximum absolute atomic E-state index is 12.3. The lowest BCUT2D eigenvalue weighted by Gasteiger charge is -2.30. The number of benzene rings is 1. The first-order valence-corrected chi connectivity index (χ1v) is 8.82. The van der Waals surface area contributed by atoms with Crippen molar-refractivity contribution in [3.05, 3.63) is 24.3 Å². The average molecular weight is 390 g/mol. The second kappa shape index (κ2) is 7.32. The lowest BCUT2D eigenvalue weighted by atomic mass is 10.2. The van der Waals surface area contributed by atoms with Crippen LogP contribution in [0.15, 0.2) is 24.3 Å². The van der Waals surface area contributed by atoms with Crippen LogP contribution in [0.1, 0.15) is 0 Å². The van der Waals surface area contributed by atoms with E-state index in [1.54, 1.807) is 24.3 Å². The Balaban J connectivity index is 1.75. The maximum atomic E-state index is 12.3. The summed E-state index contributed by atoms with van der Waals surface area (Å²) in [6.07, 6.45) is -2.34. The number of hydrogen-bond acceptors (Lipinski definition) is 9. The molecule has 0 bridgehead atoms. The topological polar surface area (TPSA) is 164 Å². The van der Waals surface area contributed by atoms with Crippen molar-refractivity contribution >= 4 is 23.4 Å². The van der Waals surface area contributed by atoms with Crippen LogP contribution in [0.4, 0.5) is 16.2 Å². The zero-order valence-corrected chi connectivity index (χ0v) is 14.2. The fraction of sp³-hybridized carbons (Fsp3) is 0.429. The maximum Gasteiger partial charge on any atom is 0.414 e. The van der Waals surface area contributed by atoms with Gasteiger partial charge in [-0.1, -0.05) is 0 Å². The largest absolute Gasteiger partial charge is 0.447 e. The summed E-state index contributed by atoms with van der Waals surface area (Å²) in [5.41, 5.74) is 6.59. The molecular weight excluding hydrogens is 374 g/mol. The molecule has 0 saturated carbocycles. The number of amides is 2. The van der Waals surface area contributed by atoms with Crippen LogP contribution in [0.25, 0.3) is 0 Å². The number of morpholine rings is 1. The van der Waals surface area contributed by atoms with Gasteiger partial charge in [0.15, 0.2) is 0 Å². The number of carbonyl (C=O) groups excluding carboxylic acids is 2. The molecule has 11 nitrogen and oxygen atoms in total. The van der Waals surface area contributed by atoms with Gasteiger partial charge in [-0.25, -0.2) is 4.79 Å². The quantitative estimate of drug-likeness (QED) is 0.539. The lowest BCUT2D eigenvalue weighted by Crippen LogP contribution is -2.65. The molecule has 2 fully saturated rings. The van der Waals surface area contributed by atoms with Crippen molar-refractivity contribution in [1.29, 1.82) is 0 Å². The summed E-state index contributed by atoms with van der Waals surface area (Å²) in [5.74, 6) is -0.823. The summed E-state index contributed by atoms with van der Waals surface area (Å²) >= 11 is 0. The third kappa shape index (κ3) is 3.88. The van der Waals surface area contributed by atoms with Crippen molar-refractivity contribution in [2.24, 2.45) is 5.73 Å². The summed E-state index contributed by atoms with van der Waals surface area (Å²) < 4.78 is 45.9. The molecule has 12 heteroatoms. The van der Waals surface area contributed by atoms with Gasteiger partial charge in [-0.2, -0.15) is 14.0 Å². The van der Waals surface area contributed by atoms with Crippen molar-refractivity contribution in [3.63, 3.8) is 0 Å². The minimum Gasteiger partial charge on any atom is -0.447 e. The van der Waals surface area contributed by atoms with Crippen LogP contribution >= 0.6 is 0 Å². The molecule has 0 aliphatic carbocycles. The highest BCUT2D eigenvalue weighted by Gasteiger charge is 2.42. The second-order valence-corrected chi connectivity index (χ2v) is 6.45. The molecule has 0 spiro atoms. The smallest absolute Gasteiger partial charge is 0.414 e. The molecule has 2 aliphatic heterocycles. The van der Waals surface area contributed by atoms with Gasteiger partial charge in [0.2, 0.25) is 0 Å². The first kappa shape index (κ1) is 18.8. The summed E-state index contributed by atoms with van der Waals surface area (Å²) in [6.45, 7) is 0.556. The molecule has 2 heterocycles. The number of rotatable bonds is 5. The van der Waals surface area contributed by atoms with Gasteiger partial charge in [0.05, 0.1) is 22.9 Å². The van der Waals surface area contributed by atoms with Gasteiger partial charge in [0.25, 0.3) is 0 Å². The van der Waals surface area contributed by atoms with Crippen LogP contribution in [0.3, 0.4) is 0 Å². The van der Waals surface area contributed by atoms with Crippen LogP contribution in [0, 0.1) is 10.2 Å². The highest BCUT2D eigenvalue weighted by Crippen LogP contribution is 2.27. The van der Waals surface area contributed by atoms with Gasteiger partial charge >= 0.3 is 18.3 Å². The van der Waals surface area contributed by atoms with Crippen LogP contribution < -0.4 is 29.5 Å². The van der Waals surface area contributed by atoms with Crippen LogP contribution in [0.5, 0.6) is 0 Å². The van der Waals surface area contributed by atoms with Crippen molar-refractivity contribution in [1.82, 2.24) is 0 Å². The molecule has 2 amide bonds. The minimum absolute atomic E-state index is 0.0170. The van der Waals surface area contributed by atoms with E-state index in [1.807, 2.05) is 0 Å². The molecule has 3 rings (SSSR count). The summed E-state index contributed by atoms with van der Waals surface area (Å²) in [5, 5.41) is 0. The highest BCUT2D eigenvalue weighted by molar-refractivity contribution is 5.97. The third-order valence-corrected chi connectivity index (χ3v) is 4.29. The van der Waals surface area contributed by atoms with E-state index in [9.17, 15) is 23.6 Å². The number of carbonyl (C=O) groups is 2. The van der Waals surface area contributed by atoms with Crippen molar-refractivity contribution < 1.29 is 47.6 Å².